The van der Waals surface area contributed by atoms with Gasteiger partial charge < -0.3 is 14.6 Å². The van der Waals surface area contributed by atoms with Crippen LogP contribution in [0.15, 0.2) is 24.3 Å². The number of aliphatic hydroxyl groups is 1. The van der Waals surface area contributed by atoms with Crippen molar-refractivity contribution in [1.29, 1.82) is 0 Å². The van der Waals surface area contributed by atoms with Gasteiger partial charge in [0.25, 0.3) is 0 Å². The lowest BCUT2D eigenvalue weighted by Crippen LogP contribution is -2.14. The molecule has 0 aliphatic heterocycles. The van der Waals surface area contributed by atoms with E-state index >= 15 is 0 Å². The largest absolute Gasteiger partial charge is 0.497 e. The Labute approximate surface area is 109 Å². The smallest absolute Gasteiger partial charge is 0.118 e. The molecule has 1 rings (SSSR count). The maximum Gasteiger partial charge on any atom is 0.118 e. The third-order valence-electron chi connectivity index (χ3n) is 2.60. The molecule has 0 bridgehead atoms. The van der Waals surface area contributed by atoms with Gasteiger partial charge in [0, 0.05) is 6.42 Å². The molecule has 0 amide bonds. The lowest BCUT2D eigenvalue weighted by Gasteiger charge is -2.10. The maximum atomic E-state index is 9.62. The summed E-state index contributed by atoms with van der Waals surface area (Å²) in [5, 5.41) is 9.62. The van der Waals surface area contributed by atoms with E-state index in [1.807, 2.05) is 24.3 Å². The minimum Gasteiger partial charge on any atom is -0.497 e. The van der Waals surface area contributed by atoms with Crippen molar-refractivity contribution in [2.45, 2.75) is 32.0 Å². The van der Waals surface area contributed by atoms with Crippen LogP contribution >= 0.6 is 0 Å². The van der Waals surface area contributed by atoms with Crippen LogP contribution in [0.2, 0.25) is 0 Å². The van der Waals surface area contributed by atoms with E-state index in [0.29, 0.717) is 26.1 Å². The Hall–Kier alpha value is -1.50. The predicted molar refractivity (Wildman–Crippen MR) is 71.3 cm³/mol. The number of aliphatic hydroxyl groups excluding tert-OH is 1. The molecule has 18 heavy (non-hydrogen) atoms. The molecule has 3 heteroatoms. The first kappa shape index (κ1) is 14.6. The van der Waals surface area contributed by atoms with Crippen LogP contribution in [-0.4, -0.2) is 24.9 Å². The van der Waals surface area contributed by atoms with Gasteiger partial charge in [-0.1, -0.05) is 12.1 Å². The van der Waals surface area contributed by atoms with Crippen LogP contribution in [0, 0.1) is 12.3 Å². The molecular weight excluding hydrogens is 228 g/mol. The number of methoxy groups -OCH3 is 1. The Morgan fingerprint density at radius 1 is 1.33 bits per heavy atom. The van der Waals surface area contributed by atoms with E-state index < -0.39 is 6.10 Å². The van der Waals surface area contributed by atoms with Crippen LogP contribution in [0.5, 0.6) is 5.75 Å². The zero-order valence-corrected chi connectivity index (χ0v) is 10.8. The second-order valence-corrected chi connectivity index (χ2v) is 4.11. The molecule has 0 spiro atoms. The predicted octanol–water partition coefficient (Wildman–Crippen LogP) is 2.38. The molecule has 1 aromatic carbocycles. The van der Waals surface area contributed by atoms with Gasteiger partial charge in [-0.15, -0.1) is 12.3 Å². The molecule has 1 aromatic rings. The van der Waals surface area contributed by atoms with Crippen LogP contribution in [0.3, 0.4) is 0 Å². The zero-order valence-electron chi connectivity index (χ0n) is 10.8. The summed E-state index contributed by atoms with van der Waals surface area (Å²) in [6.07, 6.45) is 6.94. The minimum absolute atomic E-state index is 0.344. The van der Waals surface area contributed by atoms with Gasteiger partial charge in [-0.05, 0) is 30.5 Å². The highest BCUT2D eigenvalue weighted by molar-refractivity contribution is 5.26. The first-order valence-corrected chi connectivity index (χ1v) is 6.08. The lowest BCUT2D eigenvalue weighted by molar-refractivity contribution is 0.0238. The van der Waals surface area contributed by atoms with Crippen LogP contribution in [0.25, 0.3) is 0 Å². The first-order valence-electron chi connectivity index (χ1n) is 6.08. The van der Waals surface area contributed by atoms with Gasteiger partial charge in [0.15, 0.2) is 0 Å². The average molecular weight is 248 g/mol. The lowest BCUT2D eigenvalue weighted by atomic mass is 10.1. The summed E-state index contributed by atoms with van der Waals surface area (Å²) in [5.74, 6) is 3.38. The molecule has 0 saturated carbocycles. The summed E-state index contributed by atoms with van der Waals surface area (Å²) in [5.41, 5.74) is 1.06. The van der Waals surface area contributed by atoms with E-state index in [2.05, 4.69) is 5.92 Å². The molecule has 0 unspecified atom stereocenters. The minimum atomic E-state index is -0.434. The highest BCUT2D eigenvalue weighted by atomic mass is 16.5. The molecule has 0 radical (unpaired) electrons. The summed E-state index contributed by atoms with van der Waals surface area (Å²) in [6.45, 7) is 0.840. The fourth-order valence-corrected chi connectivity index (χ4v) is 1.56. The summed E-state index contributed by atoms with van der Waals surface area (Å²) >= 11 is 0. The van der Waals surface area contributed by atoms with E-state index in [9.17, 15) is 5.11 Å². The fraction of sp³-hybridized carbons (Fsp3) is 0.467. The van der Waals surface area contributed by atoms with Gasteiger partial charge in [-0.25, -0.2) is 0 Å². The number of benzene rings is 1. The monoisotopic (exact) mass is 248 g/mol. The molecule has 0 saturated heterocycles. The Morgan fingerprint density at radius 2 is 2.06 bits per heavy atom. The molecule has 0 heterocycles. The average Bonchev–Trinajstić information content (AvgIpc) is 2.40. The molecule has 3 nitrogen and oxygen atoms in total. The molecule has 98 valence electrons. The third-order valence-corrected chi connectivity index (χ3v) is 2.60. The van der Waals surface area contributed by atoms with Crippen molar-refractivity contribution < 1.29 is 14.6 Å². The Balaban J connectivity index is 2.18. The molecule has 0 aliphatic rings. The molecule has 0 fully saturated rings. The van der Waals surface area contributed by atoms with Crippen molar-refractivity contribution in [3.63, 3.8) is 0 Å². The Kier molecular flexibility index (Phi) is 6.93. The van der Waals surface area contributed by atoms with Crippen molar-refractivity contribution in [2.24, 2.45) is 0 Å². The number of hydrogen-bond acceptors (Lipinski definition) is 3. The number of terminal acetylenes is 1. The van der Waals surface area contributed by atoms with Crippen molar-refractivity contribution in [1.82, 2.24) is 0 Å². The highest BCUT2D eigenvalue weighted by Crippen LogP contribution is 2.12. The van der Waals surface area contributed by atoms with Crippen molar-refractivity contribution in [3.05, 3.63) is 29.8 Å². The summed E-state index contributed by atoms with van der Waals surface area (Å²) in [7, 11) is 1.64. The SMILES string of the molecule is C#CCCC[C@H](O)COCc1ccc(OC)cc1. The number of ether oxygens (including phenoxy) is 2. The molecule has 0 aromatic heterocycles. The van der Waals surface area contributed by atoms with Gasteiger partial charge in [0.2, 0.25) is 0 Å². The number of unbranched alkanes of at least 4 members (excludes halogenated alkanes) is 1. The number of rotatable bonds is 8. The second kappa shape index (κ2) is 8.57. The van der Waals surface area contributed by atoms with Gasteiger partial charge in [0.05, 0.1) is 26.4 Å². The van der Waals surface area contributed by atoms with E-state index in [4.69, 9.17) is 15.9 Å². The van der Waals surface area contributed by atoms with Gasteiger partial charge >= 0.3 is 0 Å². The Bertz CT molecular complexity index is 364. The first-order chi connectivity index (χ1) is 8.76. The van der Waals surface area contributed by atoms with E-state index in [1.54, 1.807) is 7.11 Å². The highest BCUT2D eigenvalue weighted by Gasteiger charge is 2.03. The molecule has 1 atom stereocenters. The van der Waals surface area contributed by atoms with Crippen molar-refractivity contribution >= 4 is 0 Å². The van der Waals surface area contributed by atoms with Crippen molar-refractivity contribution in [2.75, 3.05) is 13.7 Å². The fourth-order valence-electron chi connectivity index (χ4n) is 1.56. The van der Waals surface area contributed by atoms with Crippen LogP contribution in [0.1, 0.15) is 24.8 Å². The van der Waals surface area contributed by atoms with Gasteiger partial charge in [-0.3, -0.25) is 0 Å². The summed E-state index contributed by atoms with van der Waals surface area (Å²) < 4.78 is 10.5. The normalized spacial score (nSPS) is 11.8. The van der Waals surface area contributed by atoms with E-state index in [1.165, 1.54) is 0 Å². The van der Waals surface area contributed by atoms with E-state index in [-0.39, 0.29) is 0 Å². The third kappa shape index (κ3) is 5.72. The standard InChI is InChI=1S/C15H20O3/c1-3-4-5-6-14(16)12-18-11-13-7-9-15(17-2)10-8-13/h1,7-10,14,16H,4-6,11-12H2,2H3/t14-/m0/s1. The zero-order chi connectivity index (χ0) is 13.2. The van der Waals surface area contributed by atoms with Gasteiger partial charge in [0.1, 0.15) is 5.75 Å². The molecule has 1 N–H and O–H groups in total. The molecule has 0 aliphatic carbocycles. The number of hydrogen-bond donors (Lipinski definition) is 1. The maximum absolute atomic E-state index is 9.62. The second-order valence-electron chi connectivity index (χ2n) is 4.11. The quantitative estimate of drug-likeness (QED) is 0.567. The Morgan fingerprint density at radius 3 is 2.67 bits per heavy atom. The summed E-state index contributed by atoms with van der Waals surface area (Å²) in [6, 6.07) is 7.68. The molecular formula is C15H20O3. The van der Waals surface area contributed by atoms with Gasteiger partial charge in [-0.2, -0.15) is 0 Å². The summed E-state index contributed by atoms with van der Waals surface area (Å²) in [4.78, 5) is 0. The van der Waals surface area contributed by atoms with E-state index in [0.717, 1.165) is 17.7 Å². The van der Waals surface area contributed by atoms with Crippen LogP contribution in [0.4, 0.5) is 0 Å². The van der Waals surface area contributed by atoms with Crippen LogP contribution in [-0.2, 0) is 11.3 Å². The topological polar surface area (TPSA) is 38.7 Å². The van der Waals surface area contributed by atoms with Crippen molar-refractivity contribution in [3.8, 4) is 18.1 Å². The van der Waals surface area contributed by atoms with Crippen LogP contribution < -0.4 is 4.74 Å².